The molecule has 1 aliphatic rings. The highest BCUT2D eigenvalue weighted by Gasteiger charge is 2.58. The first-order chi connectivity index (χ1) is 8.75. The van der Waals surface area contributed by atoms with Gasteiger partial charge in [-0.15, -0.1) is 5.06 Å². The molecule has 0 spiro atoms. The number of hydroxylamine groups is 3. The minimum absolute atomic E-state index is 0.521. The quantitative estimate of drug-likeness (QED) is 0.669. The Labute approximate surface area is 118 Å². The average molecular weight is 283 g/mol. The van der Waals surface area contributed by atoms with Crippen LogP contribution in [0, 0.1) is 5.21 Å². The van der Waals surface area contributed by atoms with Gasteiger partial charge in [0.05, 0.1) is 0 Å². The van der Waals surface area contributed by atoms with Crippen molar-refractivity contribution in [2.24, 2.45) is 0 Å². The maximum Gasteiger partial charge on any atom is 0.248 e. The van der Waals surface area contributed by atoms with Crippen LogP contribution in [0.25, 0.3) is 0 Å². The fourth-order valence-corrected chi connectivity index (χ4v) is 2.78. The summed E-state index contributed by atoms with van der Waals surface area (Å²) in [6, 6.07) is 7.10. The molecular weight excluding hydrogens is 264 g/mol. The fraction of sp³-hybridized carbons (Fsp3) is 0.500. The lowest BCUT2D eigenvalue weighted by Gasteiger charge is -2.32. The second-order valence-electron chi connectivity index (χ2n) is 5.59. The van der Waals surface area contributed by atoms with Crippen molar-refractivity contribution >= 4 is 17.3 Å². The molecule has 4 nitrogen and oxygen atoms in total. The first-order valence-corrected chi connectivity index (χ1v) is 6.73. The van der Waals surface area contributed by atoms with Crippen LogP contribution in [0.4, 0.5) is 0 Å². The number of benzene rings is 1. The SMILES string of the molecule is CCC1(C)N(O)C(C)(C)C(c2ccc(Cl)cc2)=[N+]1[O-]. The maximum atomic E-state index is 12.6. The molecule has 5 heteroatoms. The van der Waals surface area contributed by atoms with Gasteiger partial charge in [-0.3, -0.25) is 0 Å². The molecule has 0 aliphatic carbocycles. The average Bonchev–Trinajstić information content (AvgIpc) is 2.51. The van der Waals surface area contributed by atoms with E-state index in [0.717, 1.165) is 15.4 Å². The van der Waals surface area contributed by atoms with Crippen LogP contribution in [-0.4, -0.2) is 31.9 Å². The maximum absolute atomic E-state index is 12.6. The van der Waals surface area contributed by atoms with Crippen LogP contribution in [-0.2, 0) is 0 Å². The van der Waals surface area contributed by atoms with E-state index >= 15 is 0 Å². The van der Waals surface area contributed by atoms with E-state index in [1.807, 2.05) is 20.8 Å². The standard InChI is InChI=1S/C14H19ClN2O2/c1-5-14(4)16(18)12(13(2,3)17(14)19)10-6-8-11(15)9-7-10/h6-9,19H,5H2,1-4H3. The lowest BCUT2D eigenvalue weighted by atomic mass is 9.92. The summed E-state index contributed by atoms with van der Waals surface area (Å²) in [5, 5.41) is 24.8. The van der Waals surface area contributed by atoms with Gasteiger partial charge in [0, 0.05) is 23.9 Å². The van der Waals surface area contributed by atoms with Gasteiger partial charge in [-0.2, -0.15) is 4.74 Å². The highest BCUT2D eigenvalue weighted by molar-refractivity contribution is 6.30. The summed E-state index contributed by atoms with van der Waals surface area (Å²) in [6.07, 6.45) is 0.521. The Morgan fingerprint density at radius 3 is 2.21 bits per heavy atom. The zero-order valence-electron chi connectivity index (χ0n) is 11.6. The Kier molecular flexibility index (Phi) is 3.37. The van der Waals surface area contributed by atoms with Crippen LogP contribution in [0.3, 0.4) is 0 Å². The van der Waals surface area contributed by atoms with Gasteiger partial charge in [-0.1, -0.05) is 18.5 Å². The Morgan fingerprint density at radius 1 is 1.26 bits per heavy atom. The van der Waals surface area contributed by atoms with Crippen LogP contribution in [0.5, 0.6) is 0 Å². The van der Waals surface area contributed by atoms with Gasteiger partial charge < -0.3 is 10.4 Å². The normalized spacial score (nSPS) is 27.1. The van der Waals surface area contributed by atoms with E-state index in [9.17, 15) is 10.4 Å². The Bertz CT molecular complexity index is 525. The molecule has 1 atom stereocenters. The summed E-state index contributed by atoms with van der Waals surface area (Å²) in [4.78, 5) is 0. The zero-order valence-corrected chi connectivity index (χ0v) is 12.4. The minimum atomic E-state index is -0.946. The molecule has 1 aliphatic heterocycles. The van der Waals surface area contributed by atoms with Crippen molar-refractivity contribution in [2.75, 3.05) is 0 Å². The van der Waals surface area contributed by atoms with E-state index in [1.54, 1.807) is 31.2 Å². The molecule has 0 aromatic heterocycles. The van der Waals surface area contributed by atoms with Gasteiger partial charge in [-0.25, -0.2) is 0 Å². The van der Waals surface area contributed by atoms with E-state index in [1.165, 1.54) is 0 Å². The summed E-state index contributed by atoms with van der Waals surface area (Å²) in [5.74, 6) is 0. The van der Waals surface area contributed by atoms with Gasteiger partial charge in [0.25, 0.3) is 0 Å². The van der Waals surface area contributed by atoms with Gasteiger partial charge in [0.15, 0.2) is 0 Å². The molecule has 19 heavy (non-hydrogen) atoms. The van der Waals surface area contributed by atoms with Crippen LogP contribution in [0.1, 0.15) is 39.7 Å². The smallest absolute Gasteiger partial charge is 0.248 e. The van der Waals surface area contributed by atoms with Crippen LogP contribution in [0.15, 0.2) is 24.3 Å². The van der Waals surface area contributed by atoms with Crippen LogP contribution < -0.4 is 0 Å². The highest BCUT2D eigenvalue weighted by Crippen LogP contribution is 2.36. The summed E-state index contributed by atoms with van der Waals surface area (Å²) < 4.78 is 0.913. The van der Waals surface area contributed by atoms with Crippen molar-refractivity contribution in [3.63, 3.8) is 0 Å². The van der Waals surface area contributed by atoms with Gasteiger partial charge in [-0.05, 0) is 38.1 Å². The summed E-state index contributed by atoms with van der Waals surface area (Å²) in [6.45, 7) is 7.30. The van der Waals surface area contributed by atoms with E-state index in [-0.39, 0.29) is 0 Å². The predicted octanol–water partition coefficient (Wildman–Crippen LogP) is 3.25. The van der Waals surface area contributed by atoms with Crippen molar-refractivity contribution in [1.29, 1.82) is 0 Å². The monoisotopic (exact) mass is 282 g/mol. The van der Waals surface area contributed by atoms with Gasteiger partial charge >= 0.3 is 0 Å². The Morgan fingerprint density at radius 2 is 1.79 bits per heavy atom. The van der Waals surface area contributed by atoms with Gasteiger partial charge in [0.1, 0.15) is 5.54 Å². The van der Waals surface area contributed by atoms with Crippen LogP contribution in [0.2, 0.25) is 5.02 Å². The molecule has 0 amide bonds. The minimum Gasteiger partial charge on any atom is -0.622 e. The Hall–Kier alpha value is -1.10. The topological polar surface area (TPSA) is 49.5 Å². The molecule has 2 rings (SSSR count). The van der Waals surface area contributed by atoms with Crippen molar-refractivity contribution < 1.29 is 9.95 Å². The summed E-state index contributed by atoms with van der Waals surface area (Å²) >= 11 is 5.88. The molecular formula is C14H19ClN2O2. The number of halogens is 1. The molecule has 0 bridgehead atoms. The Balaban J connectivity index is 2.62. The molecule has 1 N–H and O–H groups in total. The molecule has 0 saturated heterocycles. The predicted molar refractivity (Wildman–Crippen MR) is 75.6 cm³/mol. The summed E-state index contributed by atoms with van der Waals surface area (Å²) in [5.41, 5.74) is -0.365. The second kappa shape index (κ2) is 4.47. The lowest BCUT2D eigenvalue weighted by molar-refractivity contribution is -0.586. The molecule has 0 radical (unpaired) electrons. The van der Waals surface area contributed by atoms with E-state index in [2.05, 4.69) is 0 Å². The molecule has 1 aromatic carbocycles. The third kappa shape index (κ3) is 1.95. The number of hydrogen-bond acceptors (Lipinski definition) is 3. The van der Waals surface area contributed by atoms with E-state index < -0.39 is 11.2 Å². The largest absolute Gasteiger partial charge is 0.622 e. The molecule has 104 valence electrons. The molecule has 0 fully saturated rings. The van der Waals surface area contributed by atoms with E-state index in [4.69, 9.17) is 11.6 Å². The van der Waals surface area contributed by atoms with Crippen molar-refractivity contribution in [1.82, 2.24) is 5.06 Å². The fourth-order valence-electron chi connectivity index (χ4n) is 2.65. The first kappa shape index (κ1) is 14.3. The first-order valence-electron chi connectivity index (χ1n) is 6.35. The third-order valence-corrected chi connectivity index (χ3v) is 4.25. The van der Waals surface area contributed by atoms with Gasteiger partial charge in [0.2, 0.25) is 11.4 Å². The second-order valence-corrected chi connectivity index (χ2v) is 6.03. The van der Waals surface area contributed by atoms with E-state index in [0.29, 0.717) is 17.2 Å². The molecule has 1 heterocycles. The van der Waals surface area contributed by atoms with Crippen molar-refractivity contribution in [3.05, 3.63) is 40.1 Å². The van der Waals surface area contributed by atoms with Crippen molar-refractivity contribution in [2.45, 2.75) is 45.3 Å². The molecule has 0 saturated carbocycles. The number of nitrogens with zero attached hydrogens (tertiary/aromatic N) is 2. The van der Waals surface area contributed by atoms with Crippen LogP contribution >= 0.6 is 11.6 Å². The molecule has 1 unspecified atom stereocenters. The lowest BCUT2D eigenvalue weighted by Crippen LogP contribution is -2.52. The number of rotatable bonds is 2. The highest BCUT2D eigenvalue weighted by atomic mass is 35.5. The third-order valence-electron chi connectivity index (χ3n) is 3.99. The molecule has 1 aromatic rings. The van der Waals surface area contributed by atoms with Crippen molar-refractivity contribution in [3.8, 4) is 0 Å². The summed E-state index contributed by atoms with van der Waals surface area (Å²) in [7, 11) is 0. The zero-order chi connectivity index (χ0) is 14.4. The number of hydrogen-bond donors (Lipinski definition) is 1.